The van der Waals surface area contributed by atoms with Crippen LogP contribution in [0.5, 0.6) is 0 Å². The van der Waals surface area contributed by atoms with Gasteiger partial charge in [0.15, 0.2) is 14.6 Å². The first-order valence-electron chi connectivity index (χ1n) is 11.6. The first-order valence-corrected chi connectivity index (χ1v) is 14.5. The van der Waals surface area contributed by atoms with E-state index in [1.807, 2.05) is 0 Å². The molecule has 1 unspecified atom stereocenters. The fourth-order valence-corrected chi connectivity index (χ4v) is 5.75. The third-order valence-electron chi connectivity index (χ3n) is 7.71. The number of nitrogens with zero attached hydrogens (tertiary/aromatic N) is 1. The van der Waals surface area contributed by atoms with Crippen LogP contribution in [0.3, 0.4) is 0 Å². The van der Waals surface area contributed by atoms with Gasteiger partial charge >= 0.3 is 0 Å². The Labute approximate surface area is 178 Å². The summed E-state index contributed by atoms with van der Waals surface area (Å²) < 4.78 is 25.4. The van der Waals surface area contributed by atoms with Gasteiger partial charge in [0.1, 0.15) is 0 Å². The molecule has 2 aliphatic heterocycles. The summed E-state index contributed by atoms with van der Waals surface area (Å²) in [5.74, 6) is 1.17. The van der Waals surface area contributed by atoms with E-state index < -0.39 is 8.32 Å². The van der Waals surface area contributed by atoms with E-state index in [0.29, 0.717) is 30.8 Å². The minimum absolute atomic E-state index is 0.0715. The summed E-state index contributed by atoms with van der Waals surface area (Å²) in [5, 5.41) is 9.28. The summed E-state index contributed by atoms with van der Waals surface area (Å²) in [5.41, 5.74) is 0. The van der Waals surface area contributed by atoms with E-state index in [9.17, 15) is 0 Å². The Bertz CT molecular complexity index is 564. The molecule has 0 aromatic carbocycles. The molecule has 0 amide bonds. The number of hydrogen-bond donors (Lipinski definition) is 0. The van der Waals surface area contributed by atoms with Crippen LogP contribution >= 0.6 is 0 Å². The fraction of sp³-hybridized carbons (Fsp3) is 0.957. The summed E-state index contributed by atoms with van der Waals surface area (Å²) in [6.07, 6.45) is 7.30. The van der Waals surface area contributed by atoms with Crippen LogP contribution in [0.15, 0.2) is 0 Å². The van der Waals surface area contributed by atoms with Crippen LogP contribution in [-0.2, 0) is 18.6 Å². The quantitative estimate of drug-likeness (QED) is 0.545. The van der Waals surface area contributed by atoms with E-state index in [-0.39, 0.29) is 23.5 Å². The van der Waals surface area contributed by atoms with Crippen LogP contribution in [0.4, 0.5) is 0 Å². The smallest absolute Gasteiger partial charge is 0.191 e. The van der Waals surface area contributed by atoms with Crippen molar-refractivity contribution in [2.45, 2.75) is 102 Å². The van der Waals surface area contributed by atoms with Crippen molar-refractivity contribution in [2.24, 2.45) is 17.8 Å². The van der Waals surface area contributed by atoms with Gasteiger partial charge < -0.3 is 18.6 Å². The van der Waals surface area contributed by atoms with Crippen molar-refractivity contribution in [1.29, 1.82) is 5.26 Å². The van der Waals surface area contributed by atoms with Crippen molar-refractivity contribution in [2.75, 3.05) is 19.8 Å². The lowest BCUT2D eigenvalue weighted by atomic mass is 9.87. The molecule has 5 nitrogen and oxygen atoms in total. The molecule has 0 N–H and O–H groups in total. The van der Waals surface area contributed by atoms with Crippen LogP contribution in [0.25, 0.3) is 0 Å². The molecule has 1 saturated carbocycles. The third-order valence-corrected chi connectivity index (χ3v) is 12.2. The summed E-state index contributed by atoms with van der Waals surface area (Å²) in [4.78, 5) is 0. The highest BCUT2D eigenvalue weighted by atomic mass is 28.4. The van der Waals surface area contributed by atoms with Crippen LogP contribution in [0.2, 0.25) is 18.1 Å². The predicted octanol–water partition coefficient (Wildman–Crippen LogP) is 5.26. The van der Waals surface area contributed by atoms with Gasteiger partial charge in [0.2, 0.25) is 0 Å². The molecule has 0 aromatic rings. The Balaban J connectivity index is 1.69. The monoisotopic (exact) mass is 423 g/mol. The van der Waals surface area contributed by atoms with E-state index in [4.69, 9.17) is 23.9 Å². The van der Waals surface area contributed by atoms with E-state index in [0.717, 1.165) is 45.3 Å². The van der Waals surface area contributed by atoms with Gasteiger partial charge in [-0.1, -0.05) is 20.8 Å². The van der Waals surface area contributed by atoms with E-state index in [2.05, 4.69) is 39.9 Å². The predicted molar refractivity (Wildman–Crippen MR) is 116 cm³/mol. The van der Waals surface area contributed by atoms with Crippen LogP contribution < -0.4 is 0 Å². The lowest BCUT2D eigenvalue weighted by Gasteiger charge is -2.38. The second-order valence-electron chi connectivity index (χ2n) is 10.8. The van der Waals surface area contributed by atoms with Crippen molar-refractivity contribution < 1.29 is 18.6 Å². The highest BCUT2D eigenvalue weighted by Gasteiger charge is 2.48. The normalized spacial score (nSPS) is 36.3. The fourth-order valence-electron chi connectivity index (χ4n) is 4.70. The van der Waals surface area contributed by atoms with Gasteiger partial charge in [0.25, 0.3) is 0 Å². The Morgan fingerprint density at radius 3 is 2.55 bits per heavy atom. The van der Waals surface area contributed by atoms with E-state index >= 15 is 0 Å². The molecule has 0 radical (unpaired) electrons. The maximum Gasteiger partial charge on any atom is 0.191 e. The topological polar surface area (TPSA) is 60.7 Å². The van der Waals surface area contributed by atoms with Crippen molar-refractivity contribution in [3.8, 4) is 6.07 Å². The molecular weight excluding hydrogens is 382 g/mol. The first kappa shape index (κ1) is 23.2. The summed E-state index contributed by atoms with van der Waals surface area (Å²) in [6.45, 7) is 13.8. The summed E-state index contributed by atoms with van der Waals surface area (Å²) in [7, 11) is -1.82. The Morgan fingerprint density at radius 1 is 1.10 bits per heavy atom. The van der Waals surface area contributed by atoms with Crippen molar-refractivity contribution in [3.63, 3.8) is 0 Å². The SMILES string of the molecule is CC(C)(C)[Si](C)(C)OC[C@@H]1[C@H]2CC[C@H](CC#N)CO[C@H]2C[C@H]1OC1CCCCO1. The lowest BCUT2D eigenvalue weighted by molar-refractivity contribution is -0.198. The summed E-state index contributed by atoms with van der Waals surface area (Å²) >= 11 is 0. The van der Waals surface area contributed by atoms with Gasteiger partial charge in [-0.3, -0.25) is 0 Å². The molecule has 166 valence electrons. The molecule has 0 aromatic heterocycles. The highest BCUT2D eigenvalue weighted by Crippen LogP contribution is 2.45. The van der Waals surface area contributed by atoms with Gasteiger partial charge in [-0.15, -0.1) is 0 Å². The molecule has 6 atom stereocenters. The van der Waals surface area contributed by atoms with Crippen LogP contribution in [0.1, 0.15) is 65.7 Å². The van der Waals surface area contributed by atoms with Crippen molar-refractivity contribution in [1.82, 2.24) is 0 Å². The zero-order valence-electron chi connectivity index (χ0n) is 19.1. The summed E-state index contributed by atoms with van der Waals surface area (Å²) in [6, 6.07) is 2.33. The molecule has 3 rings (SSSR count). The standard InChI is InChI=1S/C23H41NO4Si/c1-23(2,3)29(4,5)27-16-19-18-10-9-17(11-12-24)15-26-20(18)14-21(19)28-22-8-6-7-13-25-22/h17-22H,6-11,13-16H2,1-5H3/t17-,18-,19-,20+,21-,22?/m1/s1. The second-order valence-corrected chi connectivity index (χ2v) is 15.6. The van der Waals surface area contributed by atoms with Gasteiger partial charge in [0, 0.05) is 32.0 Å². The molecule has 6 heteroatoms. The van der Waals surface area contributed by atoms with E-state index in [1.165, 1.54) is 6.42 Å². The molecule has 2 heterocycles. The number of rotatable bonds is 6. The average molecular weight is 424 g/mol. The minimum Gasteiger partial charge on any atom is -0.416 e. The van der Waals surface area contributed by atoms with Gasteiger partial charge in [-0.25, -0.2) is 0 Å². The van der Waals surface area contributed by atoms with Gasteiger partial charge in [-0.05, 0) is 62.1 Å². The minimum atomic E-state index is -1.82. The Kier molecular flexibility index (Phi) is 7.83. The molecule has 0 spiro atoms. The number of hydrogen-bond acceptors (Lipinski definition) is 5. The Hall–Kier alpha value is -0.453. The average Bonchev–Trinajstić information content (AvgIpc) is 2.85. The number of nitriles is 1. The lowest BCUT2D eigenvalue weighted by Crippen LogP contribution is -2.44. The van der Waals surface area contributed by atoms with Crippen molar-refractivity contribution in [3.05, 3.63) is 0 Å². The van der Waals surface area contributed by atoms with Crippen LogP contribution in [0, 0.1) is 29.1 Å². The molecule has 2 saturated heterocycles. The van der Waals surface area contributed by atoms with Crippen LogP contribution in [-0.4, -0.2) is 46.6 Å². The molecule has 1 aliphatic carbocycles. The molecule has 0 bridgehead atoms. The number of fused-ring (bicyclic) bond motifs is 1. The highest BCUT2D eigenvalue weighted by molar-refractivity contribution is 6.74. The molecule has 3 aliphatic rings. The third kappa shape index (κ3) is 5.83. The molecule has 29 heavy (non-hydrogen) atoms. The maximum absolute atomic E-state index is 9.08. The zero-order valence-corrected chi connectivity index (χ0v) is 20.1. The van der Waals surface area contributed by atoms with Crippen molar-refractivity contribution >= 4 is 8.32 Å². The number of ether oxygens (including phenoxy) is 3. The second kappa shape index (κ2) is 9.78. The maximum atomic E-state index is 9.08. The van der Waals surface area contributed by atoms with Gasteiger partial charge in [0.05, 0.1) is 24.9 Å². The Morgan fingerprint density at radius 2 is 1.90 bits per heavy atom. The first-order chi connectivity index (χ1) is 13.7. The largest absolute Gasteiger partial charge is 0.416 e. The molecule has 3 fully saturated rings. The zero-order chi connectivity index (χ0) is 21.1. The molecular formula is C23H41NO4Si. The van der Waals surface area contributed by atoms with E-state index in [1.54, 1.807) is 0 Å². The van der Waals surface area contributed by atoms with Gasteiger partial charge in [-0.2, -0.15) is 5.26 Å².